The topological polar surface area (TPSA) is 75.7 Å². The van der Waals surface area contributed by atoms with Gasteiger partial charge in [0.2, 0.25) is 15.9 Å². The molecule has 1 amide bonds. The van der Waals surface area contributed by atoms with Gasteiger partial charge in [-0.1, -0.05) is 17.7 Å². The number of hydrogen-bond acceptors (Lipinski definition) is 4. The zero-order valence-corrected chi connectivity index (χ0v) is 15.7. The van der Waals surface area contributed by atoms with Gasteiger partial charge in [-0.15, -0.1) is 0 Å². The monoisotopic (exact) mass is 374 g/mol. The average molecular weight is 374 g/mol. The molecule has 0 fully saturated rings. The van der Waals surface area contributed by atoms with Crippen LogP contribution in [0.5, 0.6) is 5.75 Å². The third kappa shape index (κ3) is 4.05. The average Bonchev–Trinajstić information content (AvgIpc) is 2.62. The number of nitrogens with one attached hydrogen (secondary N) is 1. The lowest BCUT2D eigenvalue weighted by atomic mass is 10.0. The number of sulfonamides is 1. The van der Waals surface area contributed by atoms with Crippen molar-refractivity contribution >= 4 is 21.6 Å². The normalized spacial score (nSPS) is 14.0. The molecule has 6 nitrogen and oxygen atoms in total. The van der Waals surface area contributed by atoms with E-state index < -0.39 is 10.0 Å². The minimum absolute atomic E-state index is 0.0431. The number of amides is 1. The van der Waals surface area contributed by atoms with Crippen LogP contribution < -0.4 is 10.1 Å². The van der Waals surface area contributed by atoms with E-state index >= 15 is 0 Å². The van der Waals surface area contributed by atoms with Gasteiger partial charge in [0.15, 0.2) is 0 Å². The number of ether oxygens (including phenoxy) is 1. The van der Waals surface area contributed by atoms with E-state index in [1.165, 1.54) is 17.4 Å². The third-order valence-electron chi connectivity index (χ3n) is 4.38. The van der Waals surface area contributed by atoms with Crippen molar-refractivity contribution < 1.29 is 17.9 Å². The van der Waals surface area contributed by atoms with Gasteiger partial charge in [-0.05, 0) is 49.2 Å². The molecule has 1 N–H and O–H groups in total. The number of likely N-dealkylation sites (N-methyl/N-ethyl adjacent to an activating group) is 1. The first kappa shape index (κ1) is 18.4. The zero-order chi connectivity index (χ0) is 18.7. The van der Waals surface area contributed by atoms with E-state index in [0.29, 0.717) is 24.3 Å². The lowest BCUT2D eigenvalue weighted by Crippen LogP contribution is -2.31. The van der Waals surface area contributed by atoms with E-state index in [9.17, 15) is 13.2 Å². The van der Waals surface area contributed by atoms with Gasteiger partial charge in [0, 0.05) is 25.7 Å². The van der Waals surface area contributed by atoms with Crippen LogP contribution in [-0.4, -0.2) is 38.8 Å². The molecule has 0 aromatic heterocycles. The molecule has 138 valence electrons. The van der Waals surface area contributed by atoms with Crippen LogP contribution >= 0.6 is 0 Å². The Hall–Kier alpha value is -2.38. The summed E-state index contributed by atoms with van der Waals surface area (Å²) in [6, 6.07) is 12.4. The molecule has 0 saturated carbocycles. The van der Waals surface area contributed by atoms with Crippen LogP contribution in [0.4, 0.5) is 5.69 Å². The highest BCUT2D eigenvalue weighted by molar-refractivity contribution is 7.89. The van der Waals surface area contributed by atoms with E-state index in [1.807, 2.05) is 31.2 Å². The van der Waals surface area contributed by atoms with Crippen LogP contribution in [0, 0.1) is 6.92 Å². The van der Waals surface area contributed by atoms with Gasteiger partial charge in [-0.25, -0.2) is 8.42 Å². The summed E-state index contributed by atoms with van der Waals surface area (Å²) < 4.78 is 32.4. The van der Waals surface area contributed by atoms with E-state index in [1.54, 1.807) is 12.1 Å². The standard InChI is InChI=1S/C19H22N2O4S/c1-14-3-6-16(7-4-14)25-12-11-21(2)26(23,24)17-8-9-18-15(13-17)5-10-19(22)20-18/h3-4,6-9,13H,5,10-12H2,1-2H3,(H,20,22). The van der Waals surface area contributed by atoms with Crippen LogP contribution in [0.1, 0.15) is 17.5 Å². The van der Waals surface area contributed by atoms with Crippen molar-refractivity contribution in [2.24, 2.45) is 0 Å². The molecule has 1 heterocycles. The maximum atomic E-state index is 12.8. The highest BCUT2D eigenvalue weighted by atomic mass is 32.2. The molecule has 3 rings (SSSR count). The van der Waals surface area contributed by atoms with Crippen LogP contribution in [0.2, 0.25) is 0 Å². The lowest BCUT2D eigenvalue weighted by Gasteiger charge is -2.21. The highest BCUT2D eigenvalue weighted by Gasteiger charge is 2.23. The van der Waals surface area contributed by atoms with Crippen molar-refractivity contribution in [3.05, 3.63) is 53.6 Å². The highest BCUT2D eigenvalue weighted by Crippen LogP contribution is 2.26. The fraction of sp³-hybridized carbons (Fsp3) is 0.316. The summed E-state index contributed by atoms with van der Waals surface area (Å²) in [6.07, 6.45) is 0.918. The molecular weight excluding hydrogens is 352 g/mol. The summed E-state index contributed by atoms with van der Waals surface area (Å²) >= 11 is 0. The number of rotatable bonds is 6. The number of carbonyl (C=O) groups excluding carboxylic acids is 1. The molecular formula is C19H22N2O4S. The molecule has 26 heavy (non-hydrogen) atoms. The number of hydrogen-bond donors (Lipinski definition) is 1. The third-order valence-corrected chi connectivity index (χ3v) is 6.23. The van der Waals surface area contributed by atoms with Crippen LogP contribution in [-0.2, 0) is 21.2 Å². The van der Waals surface area contributed by atoms with Crippen LogP contribution in [0.25, 0.3) is 0 Å². The van der Waals surface area contributed by atoms with Gasteiger partial charge in [-0.2, -0.15) is 4.31 Å². The van der Waals surface area contributed by atoms with Gasteiger partial charge in [-0.3, -0.25) is 4.79 Å². The van der Waals surface area contributed by atoms with Crippen LogP contribution in [0.15, 0.2) is 47.4 Å². The first-order valence-corrected chi connectivity index (χ1v) is 9.89. The summed E-state index contributed by atoms with van der Waals surface area (Å²) in [5.41, 5.74) is 2.67. The summed E-state index contributed by atoms with van der Waals surface area (Å²) in [5, 5.41) is 2.76. The van der Waals surface area contributed by atoms with Crippen LogP contribution in [0.3, 0.4) is 0 Å². The Morgan fingerprint density at radius 1 is 1.12 bits per heavy atom. The van der Waals surface area contributed by atoms with Crippen molar-refractivity contribution in [2.45, 2.75) is 24.7 Å². The zero-order valence-electron chi connectivity index (χ0n) is 14.9. The SMILES string of the molecule is Cc1ccc(OCCN(C)S(=O)(=O)c2ccc3c(c2)CCC(=O)N3)cc1. The molecule has 0 spiro atoms. The molecule has 1 aliphatic heterocycles. The van der Waals surface area contributed by atoms with Crippen molar-refractivity contribution in [3.8, 4) is 5.75 Å². The summed E-state index contributed by atoms with van der Waals surface area (Å²) in [6.45, 7) is 2.50. The number of nitrogens with zero attached hydrogens (tertiary/aromatic N) is 1. The Morgan fingerprint density at radius 3 is 2.58 bits per heavy atom. The molecule has 2 aromatic carbocycles. The second kappa shape index (κ2) is 7.47. The quantitative estimate of drug-likeness (QED) is 0.843. The molecule has 0 bridgehead atoms. The Balaban J connectivity index is 1.65. The Morgan fingerprint density at radius 2 is 1.85 bits per heavy atom. The van der Waals surface area contributed by atoms with Gasteiger partial charge in [0.25, 0.3) is 0 Å². The molecule has 0 unspecified atom stereocenters. The largest absolute Gasteiger partial charge is 0.492 e. The second-order valence-electron chi connectivity index (χ2n) is 6.36. The molecule has 0 atom stereocenters. The maximum absolute atomic E-state index is 12.8. The predicted molar refractivity (Wildman–Crippen MR) is 99.9 cm³/mol. The number of aryl methyl sites for hydroxylation is 2. The fourth-order valence-electron chi connectivity index (χ4n) is 2.75. The van der Waals surface area contributed by atoms with Crippen molar-refractivity contribution in [3.63, 3.8) is 0 Å². The number of fused-ring (bicyclic) bond motifs is 1. The maximum Gasteiger partial charge on any atom is 0.242 e. The number of benzene rings is 2. The predicted octanol–water partition coefficient (Wildman–Crippen LogP) is 2.58. The molecule has 0 aliphatic carbocycles. The number of anilines is 1. The van der Waals surface area contributed by atoms with E-state index in [0.717, 1.165) is 11.1 Å². The Labute approximate surface area is 153 Å². The van der Waals surface area contributed by atoms with Gasteiger partial charge in [0.05, 0.1) is 4.90 Å². The first-order chi connectivity index (χ1) is 12.4. The van der Waals surface area contributed by atoms with Gasteiger partial charge < -0.3 is 10.1 Å². The minimum Gasteiger partial charge on any atom is -0.492 e. The Kier molecular flexibility index (Phi) is 5.29. The van der Waals surface area contributed by atoms with Crippen molar-refractivity contribution in [1.29, 1.82) is 0 Å². The second-order valence-corrected chi connectivity index (χ2v) is 8.40. The fourth-order valence-corrected chi connectivity index (χ4v) is 3.95. The smallest absolute Gasteiger partial charge is 0.242 e. The van der Waals surface area contributed by atoms with E-state index in [2.05, 4.69) is 5.32 Å². The Bertz CT molecular complexity index is 908. The first-order valence-electron chi connectivity index (χ1n) is 8.45. The molecule has 0 saturated heterocycles. The molecule has 2 aromatic rings. The van der Waals surface area contributed by atoms with Gasteiger partial charge in [0.1, 0.15) is 12.4 Å². The summed E-state index contributed by atoms with van der Waals surface area (Å²) in [7, 11) is -2.07. The van der Waals surface area contributed by atoms with E-state index in [-0.39, 0.29) is 24.0 Å². The minimum atomic E-state index is -3.61. The van der Waals surface area contributed by atoms with Crippen molar-refractivity contribution in [1.82, 2.24) is 4.31 Å². The van der Waals surface area contributed by atoms with Crippen molar-refractivity contribution in [2.75, 3.05) is 25.5 Å². The van der Waals surface area contributed by atoms with Gasteiger partial charge >= 0.3 is 0 Å². The molecule has 0 radical (unpaired) electrons. The summed E-state index contributed by atoms with van der Waals surface area (Å²) in [5.74, 6) is 0.671. The van der Waals surface area contributed by atoms with E-state index in [4.69, 9.17) is 4.74 Å². The molecule has 7 heteroatoms. The number of carbonyl (C=O) groups is 1. The molecule has 1 aliphatic rings. The summed E-state index contributed by atoms with van der Waals surface area (Å²) in [4.78, 5) is 11.6. The lowest BCUT2D eigenvalue weighted by molar-refractivity contribution is -0.116.